The Morgan fingerprint density at radius 3 is 0.902 bits per heavy atom. The molecule has 4 N–H and O–H groups in total. The molecule has 0 amide bonds. The fourth-order valence-electron chi connectivity index (χ4n) is 12.0. The van der Waals surface area contributed by atoms with Crippen molar-refractivity contribution in [2.24, 2.45) is 0 Å². The van der Waals surface area contributed by atoms with Gasteiger partial charge in [-0.3, -0.25) is 14.2 Å². The van der Waals surface area contributed by atoms with Crippen LogP contribution in [0, 0.1) is 10.7 Å². The summed E-state index contributed by atoms with van der Waals surface area (Å²) < 4.78 is 119. The fourth-order valence-corrected chi connectivity index (χ4v) is 31.6. The summed E-state index contributed by atoms with van der Waals surface area (Å²) in [7, 11) is -21.6. The van der Waals surface area contributed by atoms with E-state index in [0.29, 0.717) is 27.1 Å². The molecule has 102 heavy (non-hydrogen) atoms. The molecular weight excluding hydrogens is 1810 g/mol. The van der Waals surface area contributed by atoms with Crippen molar-refractivity contribution in [2.45, 2.75) is 112 Å². The van der Waals surface area contributed by atoms with Crippen LogP contribution < -0.4 is 45.3 Å². The van der Waals surface area contributed by atoms with Gasteiger partial charge in [0, 0.05) is 26.8 Å². The third-order valence-corrected chi connectivity index (χ3v) is 41.0. The zero-order valence-corrected chi connectivity index (χ0v) is 75.0. The van der Waals surface area contributed by atoms with Crippen LogP contribution in [0.4, 0.5) is 17.1 Å². The van der Waals surface area contributed by atoms with E-state index in [-0.39, 0.29) is 38.9 Å². The van der Waals surface area contributed by atoms with Gasteiger partial charge in [-0.25, -0.2) is 33.7 Å². The molecule has 9 aromatic rings. The molecule has 0 aliphatic heterocycles. The quantitative estimate of drug-likeness (QED) is 0.0216. The molecule has 0 aromatic heterocycles. The maximum Gasteiger partial charge on any atom is 0.261 e. The van der Waals surface area contributed by atoms with Gasteiger partial charge in [0.1, 0.15) is 0 Å². The molecule has 0 unspecified atom stereocenters. The van der Waals surface area contributed by atoms with Crippen molar-refractivity contribution in [1.82, 2.24) is 0 Å². The second-order valence-corrected chi connectivity index (χ2v) is 54.0. The third-order valence-electron chi connectivity index (χ3n) is 16.4. The van der Waals surface area contributed by atoms with Crippen LogP contribution in [-0.2, 0) is 68.6 Å². The van der Waals surface area contributed by atoms with Gasteiger partial charge in [-0.2, -0.15) is 11.1 Å². The molecule has 27 heteroatoms. The molecule has 14 nitrogen and oxygen atoms in total. The summed E-state index contributed by atoms with van der Waals surface area (Å²) in [6.45, 7) is 20.4. The average Bonchev–Trinajstić information content (AvgIpc) is 0.755. The number of nitrogens with one attached hydrogen (secondary N) is 3. The van der Waals surface area contributed by atoms with Gasteiger partial charge in [-0.1, -0.05) is 244 Å². The number of anilines is 3. The molecule has 0 fully saturated rings. The van der Waals surface area contributed by atoms with Gasteiger partial charge in [0.15, 0.2) is 9.84 Å². The largest absolute Gasteiger partial charge is 0.403 e. The maximum atomic E-state index is 12.7. The first kappa shape index (κ1) is 86.8. The van der Waals surface area contributed by atoms with Gasteiger partial charge < -0.3 is 14.0 Å². The Balaban J connectivity index is 0.000000225. The highest BCUT2D eigenvalue weighted by Gasteiger charge is 2.52. The minimum absolute atomic E-state index is 0.0435. The summed E-state index contributed by atoms with van der Waals surface area (Å²) in [5, 5.41) is 16.0. The molecule has 0 saturated heterocycles. The lowest BCUT2D eigenvalue weighted by molar-refractivity contribution is 0.279. The third kappa shape index (κ3) is 23.0. The van der Waals surface area contributed by atoms with Crippen LogP contribution in [0.15, 0.2) is 233 Å². The Morgan fingerprint density at radius 1 is 0.392 bits per heavy atom. The van der Waals surface area contributed by atoms with Crippen molar-refractivity contribution >= 4 is 214 Å². The highest BCUT2D eigenvalue weighted by molar-refractivity contribution is 14.1. The number of benzene rings is 9. The van der Waals surface area contributed by atoms with Crippen molar-refractivity contribution in [3.63, 3.8) is 0 Å². The number of halogens is 4. The van der Waals surface area contributed by atoms with Crippen LogP contribution in [0.25, 0.3) is 0 Å². The lowest BCUT2D eigenvalue weighted by Gasteiger charge is -2.43. The molecule has 548 valence electrons. The lowest BCUT2D eigenvalue weighted by Crippen LogP contribution is -2.66. The summed E-state index contributed by atoms with van der Waals surface area (Å²) in [4.78, 5) is 1.91. The smallest absolute Gasteiger partial charge is 0.261 e. The lowest BCUT2D eigenvalue weighted by atomic mass is 10.2. The van der Waals surface area contributed by atoms with Gasteiger partial charge >= 0.3 is 0 Å². The molecule has 9 aromatic carbocycles. The molecule has 0 aliphatic carbocycles. The van der Waals surface area contributed by atoms with Gasteiger partial charge in [0.05, 0.1) is 60.5 Å². The highest BCUT2D eigenvalue weighted by atomic mass is 127. The van der Waals surface area contributed by atoms with Gasteiger partial charge in [0.25, 0.3) is 16.6 Å². The van der Waals surface area contributed by atoms with Gasteiger partial charge in [-0.15, -0.1) is 23.5 Å². The minimum Gasteiger partial charge on any atom is -0.403 e. The SMILES string of the molecule is CC(C)(C)[Si](Cl)(c1ccccc1)c1ccccc1.CC(C)(C)[Si](OCc1cc(I)c(NS(C)(=O)=O)cc1S(C)(=O)=O)(c1ccccc1)c1ccccc1.CSc1cc(NS(C)(=O)=O)c(I)cc1CO.CSc1cc(NS(C)(=O)=O)c(I)cc1CO[Si](c1ccccc1)(c1ccccc1)C(C)(C)C. The zero-order valence-electron chi connectivity index (χ0n) is 59.9. The Hall–Kier alpha value is -4.11. The van der Waals surface area contributed by atoms with Crippen molar-refractivity contribution in [3.8, 4) is 0 Å². The van der Waals surface area contributed by atoms with Crippen molar-refractivity contribution in [2.75, 3.05) is 51.7 Å². The van der Waals surface area contributed by atoms with E-state index in [1.807, 2.05) is 130 Å². The van der Waals surface area contributed by atoms with E-state index in [9.17, 15) is 33.7 Å². The summed E-state index contributed by atoms with van der Waals surface area (Å²) in [6.07, 6.45) is 8.31. The van der Waals surface area contributed by atoms with Crippen LogP contribution in [-0.4, -0.2) is 100 Å². The summed E-state index contributed by atoms with van der Waals surface area (Å²) >= 11 is 16.5. The van der Waals surface area contributed by atoms with Crippen LogP contribution in [0.5, 0.6) is 0 Å². The average molecular weight is 1900 g/mol. The van der Waals surface area contributed by atoms with Crippen LogP contribution >= 0.6 is 102 Å². The predicted octanol–water partition coefficient (Wildman–Crippen LogP) is 15.3. The molecule has 0 atom stereocenters. The number of aliphatic hydroxyl groups is 1. The molecule has 9 rings (SSSR count). The number of sulfonamides is 3. The molecule has 0 heterocycles. The first-order chi connectivity index (χ1) is 47.5. The Bertz CT molecular complexity index is 4630. The first-order valence-electron chi connectivity index (χ1n) is 32.1. The minimum atomic E-state index is -3.66. The Morgan fingerprint density at radius 2 is 0.647 bits per heavy atom. The zero-order chi connectivity index (χ0) is 75.9. The number of sulfone groups is 1. The van der Waals surface area contributed by atoms with Crippen molar-refractivity contribution in [1.29, 1.82) is 0 Å². The number of aliphatic hydroxyl groups excluding tert-OH is 1. The maximum absolute atomic E-state index is 12.7. The monoisotopic (exact) mass is 1900 g/mol. The van der Waals surface area contributed by atoms with Gasteiger partial charge in [-0.05, 0) is 180 Å². The van der Waals surface area contributed by atoms with E-state index < -0.39 is 63.9 Å². The van der Waals surface area contributed by atoms with E-state index in [2.05, 4.69) is 220 Å². The number of hydrogen-bond donors (Lipinski definition) is 4. The molecule has 0 radical (unpaired) electrons. The van der Waals surface area contributed by atoms with E-state index in [1.165, 1.54) is 44.8 Å². The summed E-state index contributed by atoms with van der Waals surface area (Å²) in [6, 6.07) is 72.9. The second kappa shape index (κ2) is 36.7. The van der Waals surface area contributed by atoms with Crippen molar-refractivity contribution < 1.29 is 47.6 Å². The highest BCUT2D eigenvalue weighted by Crippen LogP contribution is 2.42. The number of thioether (sulfide) groups is 2. The van der Waals surface area contributed by atoms with E-state index >= 15 is 0 Å². The molecule has 0 bridgehead atoms. The van der Waals surface area contributed by atoms with E-state index in [1.54, 1.807) is 30.0 Å². The normalized spacial score (nSPS) is 12.5. The summed E-state index contributed by atoms with van der Waals surface area (Å²) in [5.74, 6) is 0. The number of rotatable bonds is 22. The van der Waals surface area contributed by atoms with E-state index in [0.717, 1.165) is 57.2 Å². The Labute approximate surface area is 664 Å². The molecule has 0 saturated carbocycles. The first-order valence-corrected chi connectivity index (χ1v) is 52.1. The van der Waals surface area contributed by atoms with Crippen LogP contribution in [0.2, 0.25) is 15.1 Å². The van der Waals surface area contributed by atoms with Crippen LogP contribution in [0.1, 0.15) is 79.0 Å². The molecule has 0 aliphatic rings. The topological polar surface area (TPSA) is 211 Å². The fraction of sp³-hybridized carbons (Fsp3) is 0.280. The predicted molar refractivity (Wildman–Crippen MR) is 464 cm³/mol. The van der Waals surface area contributed by atoms with E-state index in [4.69, 9.17) is 25.0 Å². The number of hydrogen-bond acceptors (Lipinski definition) is 13. The van der Waals surface area contributed by atoms with Gasteiger partial charge in [0.2, 0.25) is 37.5 Å². The Kier molecular flexibility index (Phi) is 31.2. The van der Waals surface area contributed by atoms with Crippen LogP contribution in [0.3, 0.4) is 0 Å². The second-order valence-electron chi connectivity index (χ2n) is 27.3. The molecule has 0 spiro atoms. The van der Waals surface area contributed by atoms with Crippen molar-refractivity contribution in [3.05, 3.63) is 246 Å². The molecular formula is C75H91ClI3N3O11S6Si3. The summed E-state index contributed by atoms with van der Waals surface area (Å²) in [5.41, 5.74) is 3.71. The standard InChI is InChI=1S/C25H30INO5S2Si.C25H30INO3S2Si.C16H19ClSi.C9H12INO3S2/c1-25(2,3)35(20-12-8-6-9-13-20,21-14-10-7-11-15-21)32-18-19-16-22(26)23(27-34(5,30)31)17-24(19)33(4,28)29;1-25(2,3)33(20-12-8-6-9-13-20,21-14-10-7-11-15-21)30-18-19-16-22(26)23(17-24(19)31-4)27-32(5,28)29;1-16(2,3)18(17,14-10-6-4-7-11-14)15-12-8-5-9-13-15;1-15-9-4-8(11-16(2,13)14)7(10)3-6(9)5-12/h6-17,27H,18H2,1-5H3;6-17,27H,18H2,1-5H3;4-13H,1-3H3;3-4,11-12H,5H2,1-2H3.